The summed E-state index contributed by atoms with van der Waals surface area (Å²) in [6.45, 7) is 4.37. The number of aliphatic carboxylic acids is 1. The molecule has 0 bridgehead atoms. The third kappa shape index (κ3) is 24.3. The summed E-state index contributed by atoms with van der Waals surface area (Å²) in [7, 11) is -1.59. The molecular weight excluding hydrogens is 258 g/mol. The summed E-state index contributed by atoms with van der Waals surface area (Å²) in [4.78, 5) is 40.2. The van der Waals surface area contributed by atoms with Crippen molar-refractivity contribution in [2.45, 2.75) is 27.7 Å². The molecule has 0 aliphatic rings. The molecule has 0 aromatic carbocycles. The van der Waals surface area contributed by atoms with Crippen molar-refractivity contribution in [2.75, 3.05) is 0 Å². The predicted molar refractivity (Wildman–Crippen MR) is 55.5 cm³/mol. The quantitative estimate of drug-likeness (QED) is 0.536. The first kappa shape index (κ1) is 22.2. The van der Waals surface area contributed by atoms with Gasteiger partial charge in [-0.25, -0.2) is 0 Å². The fourth-order valence-electron chi connectivity index (χ4n) is 0.479. The zero-order valence-electron chi connectivity index (χ0n) is 11.9. The molecule has 0 unspecified atom stereocenters. The zero-order valence-corrected chi connectivity index (χ0v) is 12.9. The van der Waals surface area contributed by atoms with Crippen molar-refractivity contribution in [3.63, 3.8) is 0 Å². The fourth-order valence-corrected chi connectivity index (χ4v) is 0.479. The first-order valence-corrected chi connectivity index (χ1v) is 4.36. The van der Waals surface area contributed by atoms with Crippen LogP contribution in [-0.2, 0) is 33.1 Å². The summed E-state index contributed by atoms with van der Waals surface area (Å²) in [5.74, 6) is -2.98. The SMILES string of the molecule is CC(=O)O.CC(=O)OB(OC(C)=O)OC(C)=O.[H-].[Na+]. The van der Waals surface area contributed by atoms with Crippen molar-refractivity contribution in [1.29, 1.82) is 0 Å². The van der Waals surface area contributed by atoms with E-state index in [1.807, 2.05) is 0 Å². The third-order valence-corrected chi connectivity index (χ3v) is 0.787. The number of carboxylic acids is 1. The van der Waals surface area contributed by atoms with Crippen LogP contribution in [0.4, 0.5) is 0 Å². The van der Waals surface area contributed by atoms with Crippen LogP contribution in [0.2, 0.25) is 0 Å². The van der Waals surface area contributed by atoms with Gasteiger partial charge < -0.3 is 20.5 Å². The van der Waals surface area contributed by atoms with Gasteiger partial charge in [0.05, 0.1) is 0 Å². The molecule has 0 heterocycles. The van der Waals surface area contributed by atoms with Gasteiger partial charge >= 0.3 is 36.9 Å². The van der Waals surface area contributed by atoms with Crippen LogP contribution in [0, 0.1) is 0 Å². The Balaban J connectivity index is -0.000000165. The van der Waals surface area contributed by atoms with Crippen molar-refractivity contribution < 1.29 is 69.2 Å². The Hall–Kier alpha value is -1.06. The molecule has 0 radical (unpaired) electrons. The van der Waals surface area contributed by atoms with E-state index in [1.165, 1.54) is 0 Å². The maximum atomic E-state index is 10.4. The van der Waals surface area contributed by atoms with Gasteiger partial charge in [-0.1, -0.05) is 0 Å². The second-order valence-electron chi connectivity index (χ2n) is 2.64. The van der Waals surface area contributed by atoms with Crippen molar-refractivity contribution in [2.24, 2.45) is 0 Å². The number of hydrogen-bond acceptors (Lipinski definition) is 7. The molecule has 0 saturated carbocycles. The van der Waals surface area contributed by atoms with E-state index in [0.29, 0.717) is 0 Å². The number of carboxylic acid groups (broad SMARTS) is 1. The topological polar surface area (TPSA) is 116 Å². The molecule has 0 fully saturated rings. The minimum Gasteiger partial charge on any atom is -1.00 e. The van der Waals surface area contributed by atoms with Crippen molar-refractivity contribution in [1.82, 2.24) is 0 Å². The second kappa shape index (κ2) is 12.4. The zero-order chi connectivity index (χ0) is 14.0. The Morgan fingerprint density at radius 3 is 1.11 bits per heavy atom. The molecule has 0 aliphatic heterocycles. The Labute approximate surface area is 128 Å². The predicted octanol–water partition coefficient (Wildman–Crippen LogP) is -3.13. The summed E-state index contributed by atoms with van der Waals surface area (Å²) in [5, 5.41) is 7.42. The average molecular weight is 272 g/mol. The molecule has 0 amide bonds. The Morgan fingerprint density at radius 1 is 0.833 bits per heavy atom. The maximum Gasteiger partial charge on any atom is 1.00 e. The Kier molecular flexibility index (Phi) is 15.3. The Morgan fingerprint density at radius 2 is 1.00 bits per heavy atom. The average Bonchev–Trinajstić information content (AvgIpc) is 1.96. The van der Waals surface area contributed by atoms with Gasteiger partial charge in [0, 0.05) is 27.7 Å². The third-order valence-electron chi connectivity index (χ3n) is 0.787. The standard InChI is InChI=1S/C6H9BO6.C2H4O2.Na.H/c1-4(8)11-7(12-5(2)9)13-6(3)10;1-2(3)4;;/h1-3H3;1H3,(H,3,4);;/q;;+1;-1. The summed E-state index contributed by atoms with van der Waals surface area (Å²) >= 11 is 0. The molecule has 0 aromatic rings. The molecule has 0 atom stereocenters. The van der Waals surface area contributed by atoms with E-state index in [9.17, 15) is 14.4 Å². The molecular formula is C8H14BNaO8. The van der Waals surface area contributed by atoms with Gasteiger partial charge in [0.25, 0.3) is 23.9 Å². The van der Waals surface area contributed by atoms with Crippen LogP contribution >= 0.6 is 0 Å². The van der Waals surface area contributed by atoms with Crippen LogP contribution in [0.5, 0.6) is 0 Å². The van der Waals surface area contributed by atoms with Crippen LogP contribution in [0.25, 0.3) is 0 Å². The molecule has 0 saturated heterocycles. The van der Waals surface area contributed by atoms with Crippen LogP contribution in [0.15, 0.2) is 0 Å². The molecule has 0 rings (SSSR count). The molecule has 0 aliphatic carbocycles. The molecule has 0 aromatic heterocycles. The monoisotopic (exact) mass is 272 g/mol. The van der Waals surface area contributed by atoms with Crippen molar-refractivity contribution in [3.8, 4) is 0 Å². The first-order valence-electron chi connectivity index (χ1n) is 4.36. The van der Waals surface area contributed by atoms with Gasteiger partial charge in [-0.05, 0) is 0 Å². The molecule has 98 valence electrons. The normalized spacial score (nSPS) is 7.56. The maximum absolute atomic E-state index is 10.4. The van der Waals surface area contributed by atoms with E-state index >= 15 is 0 Å². The van der Waals surface area contributed by atoms with E-state index in [1.54, 1.807) is 0 Å². The minimum absolute atomic E-state index is 0. The van der Waals surface area contributed by atoms with E-state index in [2.05, 4.69) is 14.0 Å². The number of hydrogen-bond donors (Lipinski definition) is 1. The number of carbonyl (C=O) groups excluding carboxylic acids is 3. The van der Waals surface area contributed by atoms with Gasteiger partial charge in [-0.3, -0.25) is 19.2 Å². The van der Waals surface area contributed by atoms with Crippen LogP contribution in [-0.4, -0.2) is 36.3 Å². The summed E-state index contributed by atoms with van der Waals surface area (Å²) in [6, 6.07) is 0. The van der Waals surface area contributed by atoms with Gasteiger partial charge in [0.15, 0.2) is 0 Å². The van der Waals surface area contributed by atoms with E-state index in [-0.39, 0.29) is 31.0 Å². The molecule has 0 spiro atoms. The smallest absolute Gasteiger partial charge is 1.00 e. The summed E-state index contributed by atoms with van der Waals surface area (Å²) < 4.78 is 13.0. The van der Waals surface area contributed by atoms with Gasteiger partial charge in [0.2, 0.25) is 0 Å². The van der Waals surface area contributed by atoms with Gasteiger partial charge in [-0.15, -0.1) is 0 Å². The molecule has 18 heavy (non-hydrogen) atoms. The van der Waals surface area contributed by atoms with Crippen molar-refractivity contribution >= 4 is 31.2 Å². The summed E-state index contributed by atoms with van der Waals surface area (Å²) in [5.41, 5.74) is 0. The Bertz CT molecular complexity index is 269. The summed E-state index contributed by atoms with van der Waals surface area (Å²) in [6.07, 6.45) is 0. The molecule has 8 nitrogen and oxygen atoms in total. The van der Waals surface area contributed by atoms with Gasteiger partial charge in [-0.2, -0.15) is 0 Å². The largest absolute Gasteiger partial charge is 1.00 e. The van der Waals surface area contributed by atoms with E-state index in [4.69, 9.17) is 9.90 Å². The van der Waals surface area contributed by atoms with E-state index < -0.39 is 31.2 Å². The molecule has 10 heteroatoms. The number of rotatable bonds is 3. The van der Waals surface area contributed by atoms with Crippen molar-refractivity contribution in [3.05, 3.63) is 0 Å². The van der Waals surface area contributed by atoms with Crippen LogP contribution < -0.4 is 29.6 Å². The first-order chi connectivity index (χ1) is 7.65. The van der Waals surface area contributed by atoms with E-state index in [0.717, 1.165) is 27.7 Å². The minimum atomic E-state index is -1.59. The van der Waals surface area contributed by atoms with Crippen LogP contribution in [0.1, 0.15) is 29.1 Å². The molecule has 1 N–H and O–H groups in total. The van der Waals surface area contributed by atoms with Gasteiger partial charge in [0.1, 0.15) is 0 Å². The van der Waals surface area contributed by atoms with Crippen LogP contribution in [0.3, 0.4) is 0 Å². The second-order valence-corrected chi connectivity index (χ2v) is 2.64. The number of carbonyl (C=O) groups is 4. The fraction of sp³-hybridized carbons (Fsp3) is 0.500.